The molecule has 0 radical (unpaired) electrons. The summed E-state index contributed by atoms with van der Waals surface area (Å²) in [5.41, 5.74) is 1.58. The Morgan fingerprint density at radius 3 is 2.91 bits per heavy atom. The number of aliphatic hydroxyl groups excluding tert-OH is 1. The van der Waals surface area contributed by atoms with Crippen LogP contribution in [0.25, 0.3) is 11.1 Å². The van der Waals surface area contributed by atoms with E-state index in [1.807, 2.05) is 48.5 Å². The average molecular weight is 380 g/mol. The molecule has 1 atom stereocenters. The third kappa shape index (κ3) is 4.03. The molecule has 0 bridgehead atoms. The molecular formula is C16H14BrNO3S. The van der Waals surface area contributed by atoms with E-state index in [2.05, 4.69) is 20.9 Å². The molecule has 0 saturated heterocycles. The zero-order chi connectivity index (χ0) is 15.4. The van der Waals surface area contributed by atoms with Gasteiger partial charge in [0, 0.05) is 10.2 Å². The molecule has 1 N–H and O–H groups in total. The molecule has 3 aromatic rings. The fourth-order valence-electron chi connectivity index (χ4n) is 1.88. The number of fused-ring (bicyclic) bond motifs is 1. The lowest BCUT2D eigenvalue weighted by molar-refractivity contribution is 0.126. The minimum Gasteiger partial charge on any atom is -0.491 e. The molecule has 114 valence electrons. The van der Waals surface area contributed by atoms with Gasteiger partial charge in [0.1, 0.15) is 17.9 Å². The number of hydrogen-bond donors (Lipinski definition) is 1. The summed E-state index contributed by atoms with van der Waals surface area (Å²) in [6.45, 7) is 0.226. The lowest BCUT2D eigenvalue weighted by Gasteiger charge is -2.11. The Labute approximate surface area is 140 Å². The summed E-state index contributed by atoms with van der Waals surface area (Å²) in [4.78, 5) is 4.35. The number of para-hydroxylation sites is 2. The third-order valence-corrected chi connectivity index (χ3v) is 4.38. The molecule has 0 aliphatic heterocycles. The van der Waals surface area contributed by atoms with E-state index < -0.39 is 6.10 Å². The molecule has 0 spiro atoms. The SMILES string of the molecule is O[C@H](COc1cccc(Br)c1)CSc1nc2ccccc2o1. The monoisotopic (exact) mass is 379 g/mol. The molecule has 0 unspecified atom stereocenters. The lowest BCUT2D eigenvalue weighted by Crippen LogP contribution is -2.20. The van der Waals surface area contributed by atoms with E-state index >= 15 is 0 Å². The second-order valence-electron chi connectivity index (χ2n) is 4.68. The van der Waals surface area contributed by atoms with Gasteiger partial charge in [0.2, 0.25) is 0 Å². The van der Waals surface area contributed by atoms with Gasteiger partial charge in [-0.15, -0.1) is 0 Å². The average Bonchev–Trinajstić information content (AvgIpc) is 2.94. The molecular weight excluding hydrogens is 366 g/mol. The van der Waals surface area contributed by atoms with Gasteiger partial charge in [0.05, 0.1) is 6.10 Å². The molecule has 4 nitrogen and oxygen atoms in total. The van der Waals surface area contributed by atoms with Gasteiger partial charge in [-0.3, -0.25) is 0 Å². The Balaban J connectivity index is 1.50. The second-order valence-corrected chi connectivity index (χ2v) is 6.57. The van der Waals surface area contributed by atoms with Crippen LogP contribution in [0, 0.1) is 0 Å². The maximum Gasteiger partial charge on any atom is 0.256 e. The van der Waals surface area contributed by atoms with E-state index in [0.29, 0.717) is 11.0 Å². The summed E-state index contributed by atoms with van der Waals surface area (Å²) >= 11 is 4.76. The van der Waals surface area contributed by atoms with Crippen LogP contribution in [0.1, 0.15) is 0 Å². The number of oxazole rings is 1. The van der Waals surface area contributed by atoms with E-state index in [1.165, 1.54) is 11.8 Å². The van der Waals surface area contributed by atoms with Crippen LogP contribution in [0.2, 0.25) is 0 Å². The van der Waals surface area contributed by atoms with Crippen LogP contribution in [0.15, 0.2) is 62.6 Å². The summed E-state index contributed by atoms with van der Waals surface area (Å²) in [6, 6.07) is 15.1. The van der Waals surface area contributed by atoms with Gasteiger partial charge in [0.25, 0.3) is 5.22 Å². The van der Waals surface area contributed by atoms with Crippen molar-refractivity contribution in [3.63, 3.8) is 0 Å². The van der Waals surface area contributed by atoms with Crippen molar-refractivity contribution in [1.82, 2.24) is 4.98 Å². The fraction of sp³-hybridized carbons (Fsp3) is 0.188. The molecule has 6 heteroatoms. The highest BCUT2D eigenvalue weighted by Gasteiger charge is 2.11. The molecule has 0 aliphatic carbocycles. The number of thioether (sulfide) groups is 1. The van der Waals surface area contributed by atoms with Crippen LogP contribution in [0.4, 0.5) is 0 Å². The van der Waals surface area contributed by atoms with Gasteiger partial charge in [-0.1, -0.05) is 45.9 Å². The Kier molecular flexibility index (Phi) is 5.02. The van der Waals surface area contributed by atoms with Crippen molar-refractivity contribution in [2.45, 2.75) is 11.3 Å². The highest BCUT2D eigenvalue weighted by atomic mass is 79.9. The third-order valence-electron chi connectivity index (χ3n) is 2.91. The van der Waals surface area contributed by atoms with Crippen molar-refractivity contribution in [2.24, 2.45) is 0 Å². The Hall–Kier alpha value is -1.50. The Morgan fingerprint density at radius 1 is 1.23 bits per heavy atom. The smallest absolute Gasteiger partial charge is 0.256 e. The van der Waals surface area contributed by atoms with E-state index in [0.717, 1.165) is 21.3 Å². The number of benzene rings is 2. The van der Waals surface area contributed by atoms with Crippen molar-refractivity contribution in [3.05, 3.63) is 53.0 Å². The minimum absolute atomic E-state index is 0.226. The first-order chi connectivity index (χ1) is 10.7. The number of aromatic nitrogens is 1. The number of hydrogen-bond acceptors (Lipinski definition) is 5. The van der Waals surface area contributed by atoms with E-state index in [1.54, 1.807) is 0 Å². The van der Waals surface area contributed by atoms with E-state index in [4.69, 9.17) is 9.15 Å². The van der Waals surface area contributed by atoms with Crippen LogP contribution < -0.4 is 4.74 Å². The van der Waals surface area contributed by atoms with Gasteiger partial charge in [-0.25, -0.2) is 4.98 Å². The first-order valence-electron chi connectivity index (χ1n) is 6.75. The van der Waals surface area contributed by atoms with Crippen molar-refractivity contribution in [2.75, 3.05) is 12.4 Å². The summed E-state index contributed by atoms with van der Waals surface area (Å²) < 4.78 is 12.1. The van der Waals surface area contributed by atoms with Crippen LogP contribution in [0.5, 0.6) is 5.75 Å². The lowest BCUT2D eigenvalue weighted by atomic mass is 10.3. The van der Waals surface area contributed by atoms with Crippen LogP contribution in [-0.2, 0) is 0 Å². The van der Waals surface area contributed by atoms with Crippen molar-refractivity contribution in [1.29, 1.82) is 0 Å². The number of halogens is 1. The summed E-state index contributed by atoms with van der Waals surface area (Å²) in [5, 5.41) is 10.5. The number of nitrogens with zero attached hydrogens (tertiary/aromatic N) is 1. The first-order valence-corrected chi connectivity index (χ1v) is 8.53. The number of aliphatic hydroxyl groups is 1. The van der Waals surface area contributed by atoms with Gasteiger partial charge < -0.3 is 14.3 Å². The zero-order valence-electron chi connectivity index (χ0n) is 11.6. The largest absolute Gasteiger partial charge is 0.491 e. The van der Waals surface area contributed by atoms with Crippen molar-refractivity contribution < 1.29 is 14.3 Å². The molecule has 0 aliphatic rings. The Morgan fingerprint density at radius 2 is 2.09 bits per heavy atom. The Bertz CT molecular complexity index is 729. The standard InChI is InChI=1S/C16H14BrNO3S/c17-11-4-3-5-13(8-11)20-9-12(19)10-22-16-18-14-6-1-2-7-15(14)21-16/h1-8,12,19H,9-10H2/t12-/m1/s1. The summed E-state index contributed by atoms with van der Waals surface area (Å²) in [6.07, 6.45) is -0.598. The highest BCUT2D eigenvalue weighted by Crippen LogP contribution is 2.24. The van der Waals surface area contributed by atoms with Crippen molar-refractivity contribution >= 4 is 38.8 Å². The summed E-state index contributed by atoms with van der Waals surface area (Å²) in [7, 11) is 0. The van der Waals surface area contributed by atoms with Gasteiger partial charge in [0.15, 0.2) is 5.58 Å². The van der Waals surface area contributed by atoms with Gasteiger partial charge >= 0.3 is 0 Å². The van der Waals surface area contributed by atoms with E-state index in [9.17, 15) is 5.11 Å². The molecule has 2 aromatic carbocycles. The maximum absolute atomic E-state index is 9.99. The molecule has 22 heavy (non-hydrogen) atoms. The second kappa shape index (κ2) is 7.17. The summed E-state index contributed by atoms with van der Waals surface area (Å²) in [5.74, 6) is 1.18. The van der Waals surface area contributed by atoms with Crippen molar-refractivity contribution in [3.8, 4) is 5.75 Å². The maximum atomic E-state index is 9.99. The topological polar surface area (TPSA) is 55.5 Å². The number of rotatable bonds is 6. The van der Waals surface area contributed by atoms with Crippen LogP contribution in [-0.4, -0.2) is 28.6 Å². The quantitative estimate of drug-likeness (QED) is 0.652. The van der Waals surface area contributed by atoms with Gasteiger partial charge in [-0.2, -0.15) is 0 Å². The minimum atomic E-state index is -0.598. The molecule has 0 saturated carbocycles. The predicted molar refractivity (Wildman–Crippen MR) is 90.4 cm³/mol. The zero-order valence-corrected chi connectivity index (χ0v) is 14.0. The molecule has 1 aromatic heterocycles. The molecule has 0 amide bonds. The normalized spacial score (nSPS) is 12.5. The highest BCUT2D eigenvalue weighted by molar-refractivity contribution is 9.10. The van der Waals surface area contributed by atoms with E-state index in [-0.39, 0.29) is 6.61 Å². The van der Waals surface area contributed by atoms with Crippen LogP contribution >= 0.6 is 27.7 Å². The first kappa shape index (κ1) is 15.4. The fourth-order valence-corrected chi connectivity index (χ4v) is 3.00. The molecule has 3 rings (SSSR count). The van der Waals surface area contributed by atoms with Gasteiger partial charge in [-0.05, 0) is 30.3 Å². The number of ether oxygens (including phenoxy) is 1. The molecule has 0 fully saturated rings. The predicted octanol–water partition coefficient (Wildman–Crippen LogP) is 4.12. The van der Waals surface area contributed by atoms with Crippen LogP contribution in [0.3, 0.4) is 0 Å². The molecule has 1 heterocycles.